The molecule has 0 aliphatic carbocycles. The summed E-state index contributed by atoms with van der Waals surface area (Å²) in [7, 11) is 0. The Hall–Kier alpha value is -3.19. The Labute approximate surface area is 140 Å². The summed E-state index contributed by atoms with van der Waals surface area (Å²) < 4.78 is 0. The van der Waals surface area contributed by atoms with Gasteiger partial charge in [0.1, 0.15) is 0 Å². The van der Waals surface area contributed by atoms with Crippen molar-refractivity contribution in [3.63, 3.8) is 0 Å². The molecular weight excluding hydrogens is 306 g/mol. The Morgan fingerprint density at radius 1 is 1.17 bits per heavy atom. The second-order valence-corrected chi connectivity index (χ2v) is 5.24. The Bertz CT molecular complexity index is 759. The third kappa shape index (κ3) is 3.76. The third-order valence-electron chi connectivity index (χ3n) is 3.46. The van der Waals surface area contributed by atoms with E-state index in [2.05, 4.69) is 21.4 Å². The number of nitrogens with zero attached hydrogens (tertiary/aromatic N) is 1. The molecule has 0 fully saturated rings. The molecule has 0 atom stereocenters. The first kappa shape index (κ1) is 15.7. The van der Waals surface area contributed by atoms with Gasteiger partial charge in [-0.25, -0.2) is 5.48 Å². The molecule has 1 aliphatic heterocycles. The molecule has 124 valence electrons. The Balaban J connectivity index is 1.74. The van der Waals surface area contributed by atoms with Crippen LogP contribution in [-0.4, -0.2) is 5.84 Å². The number of anilines is 1. The van der Waals surface area contributed by atoms with E-state index in [1.165, 1.54) is 0 Å². The van der Waals surface area contributed by atoms with Crippen LogP contribution in [-0.2, 0) is 16.4 Å². The molecule has 0 radical (unpaired) electrons. The Morgan fingerprint density at radius 2 is 1.92 bits per heavy atom. The summed E-state index contributed by atoms with van der Waals surface area (Å²) in [4.78, 5) is 10.4. The van der Waals surface area contributed by atoms with E-state index in [1.54, 1.807) is 0 Å². The van der Waals surface area contributed by atoms with E-state index < -0.39 is 0 Å². The number of hydroxylamine groups is 2. The van der Waals surface area contributed by atoms with Crippen molar-refractivity contribution in [1.29, 1.82) is 0 Å². The largest absolute Gasteiger partial charge is 0.379 e. The number of hydrogen-bond acceptors (Lipinski definition) is 7. The highest BCUT2D eigenvalue weighted by Gasteiger charge is 2.18. The molecule has 1 aliphatic rings. The first-order chi connectivity index (χ1) is 11.7. The van der Waals surface area contributed by atoms with Crippen LogP contribution in [0.2, 0.25) is 0 Å². The van der Waals surface area contributed by atoms with Crippen molar-refractivity contribution in [1.82, 2.24) is 11.0 Å². The van der Waals surface area contributed by atoms with Gasteiger partial charge in [-0.3, -0.25) is 9.78 Å². The van der Waals surface area contributed by atoms with E-state index in [4.69, 9.17) is 15.5 Å². The summed E-state index contributed by atoms with van der Waals surface area (Å²) in [5.41, 5.74) is 14.9. The standard InChI is InChI=1S/C17H19N5O2/c1-12-7-5-6-10-14(12)19-17(15-16(18)21-24-20-15)22-23-11-13-8-3-2-4-9-13/h2-10,19-20,22H,11H2,1H3,(H2,18,21). The molecule has 0 spiro atoms. The lowest BCUT2D eigenvalue weighted by Gasteiger charge is -2.17. The molecule has 2 aromatic rings. The Morgan fingerprint density at radius 3 is 2.62 bits per heavy atom. The molecule has 7 heteroatoms. The number of aryl methyl sites for hydroxylation is 1. The van der Waals surface area contributed by atoms with Crippen LogP contribution in [0, 0.1) is 6.92 Å². The SMILES string of the molecule is Cc1ccccc1NC(NOCc1ccccc1)=C1NON=C1N. The van der Waals surface area contributed by atoms with Crippen molar-refractivity contribution >= 4 is 11.5 Å². The van der Waals surface area contributed by atoms with Crippen LogP contribution in [0.15, 0.2) is 71.3 Å². The van der Waals surface area contributed by atoms with Gasteiger partial charge in [0.2, 0.25) is 0 Å². The molecule has 3 rings (SSSR count). The normalized spacial score (nSPS) is 15.1. The molecule has 0 saturated carbocycles. The van der Waals surface area contributed by atoms with Crippen LogP contribution >= 0.6 is 0 Å². The number of nitrogens with one attached hydrogen (secondary N) is 3. The lowest BCUT2D eigenvalue weighted by atomic mass is 10.2. The van der Waals surface area contributed by atoms with Crippen molar-refractivity contribution in [2.24, 2.45) is 10.9 Å². The van der Waals surface area contributed by atoms with Gasteiger partial charge in [0, 0.05) is 5.69 Å². The summed E-state index contributed by atoms with van der Waals surface area (Å²) in [6, 6.07) is 17.7. The number of amidine groups is 1. The molecule has 0 amide bonds. The number of rotatable bonds is 6. The molecule has 5 N–H and O–H groups in total. The van der Waals surface area contributed by atoms with E-state index in [1.807, 2.05) is 61.5 Å². The van der Waals surface area contributed by atoms with E-state index in [9.17, 15) is 0 Å². The maximum Gasteiger partial charge on any atom is 0.196 e. The highest BCUT2D eigenvalue weighted by atomic mass is 16.8. The fourth-order valence-corrected chi connectivity index (χ4v) is 2.15. The fraction of sp³-hybridized carbons (Fsp3) is 0.118. The molecule has 0 saturated heterocycles. The second-order valence-electron chi connectivity index (χ2n) is 5.24. The van der Waals surface area contributed by atoms with E-state index in [0.717, 1.165) is 16.8 Å². The summed E-state index contributed by atoms with van der Waals surface area (Å²) >= 11 is 0. The molecular formula is C17H19N5O2. The van der Waals surface area contributed by atoms with Gasteiger partial charge < -0.3 is 11.1 Å². The van der Waals surface area contributed by atoms with Gasteiger partial charge in [-0.15, -0.1) is 0 Å². The minimum Gasteiger partial charge on any atom is -0.379 e. The summed E-state index contributed by atoms with van der Waals surface area (Å²) in [6.45, 7) is 2.40. The monoisotopic (exact) mass is 325 g/mol. The zero-order valence-electron chi connectivity index (χ0n) is 13.2. The topological polar surface area (TPSA) is 92.9 Å². The lowest BCUT2D eigenvalue weighted by Crippen LogP contribution is -2.30. The molecule has 1 heterocycles. The highest BCUT2D eigenvalue weighted by Crippen LogP contribution is 2.17. The van der Waals surface area contributed by atoms with E-state index >= 15 is 0 Å². The van der Waals surface area contributed by atoms with Gasteiger partial charge in [-0.2, -0.15) is 5.48 Å². The van der Waals surface area contributed by atoms with Crippen LogP contribution < -0.4 is 22.0 Å². The fourth-order valence-electron chi connectivity index (χ4n) is 2.15. The molecule has 0 bridgehead atoms. The maximum atomic E-state index is 5.82. The lowest BCUT2D eigenvalue weighted by molar-refractivity contribution is 0.0460. The van der Waals surface area contributed by atoms with Gasteiger partial charge in [-0.05, 0) is 29.3 Å². The van der Waals surface area contributed by atoms with Gasteiger partial charge in [-0.1, -0.05) is 48.5 Å². The molecule has 0 aromatic heterocycles. The van der Waals surface area contributed by atoms with Gasteiger partial charge in [0.15, 0.2) is 17.4 Å². The number of para-hydroxylation sites is 1. The zero-order valence-corrected chi connectivity index (χ0v) is 13.2. The van der Waals surface area contributed by atoms with Gasteiger partial charge >= 0.3 is 0 Å². The van der Waals surface area contributed by atoms with Gasteiger partial charge in [0.25, 0.3) is 0 Å². The van der Waals surface area contributed by atoms with Crippen molar-refractivity contribution in [3.8, 4) is 0 Å². The summed E-state index contributed by atoms with van der Waals surface area (Å²) in [6.07, 6.45) is 0. The van der Waals surface area contributed by atoms with Crippen molar-refractivity contribution in [2.45, 2.75) is 13.5 Å². The average molecular weight is 325 g/mol. The summed E-state index contributed by atoms with van der Waals surface area (Å²) in [5, 5.41) is 6.90. The molecule has 24 heavy (non-hydrogen) atoms. The maximum absolute atomic E-state index is 5.82. The number of benzene rings is 2. The number of oxime groups is 1. The van der Waals surface area contributed by atoms with Crippen LogP contribution in [0.25, 0.3) is 0 Å². The predicted octanol–water partition coefficient (Wildman–Crippen LogP) is 2.10. The first-order valence-electron chi connectivity index (χ1n) is 7.48. The third-order valence-corrected chi connectivity index (χ3v) is 3.46. The van der Waals surface area contributed by atoms with Crippen molar-refractivity contribution < 1.29 is 9.78 Å². The number of nitrogens with two attached hydrogens (primary N) is 1. The predicted molar refractivity (Wildman–Crippen MR) is 92.0 cm³/mol. The minimum absolute atomic E-state index is 0.224. The molecule has 0 unspecified atom stereocenters. The highest BCUT2D eigenvalue weighted by molar-refractivity contribution is 5.97. The molecule has 2 aromatic carbocycles. The quantitative estimate of drug-likeness (QED) is 0.608. The molecule has 7 nitrogen and oxygen atoms in total. The van der Waals surface area contributed by atoms with Crippen LogP contribution in [0.4, 0.5) is 5.69 Å². The first-order valence-corrected chi connectivity index (χ1v) is 7.48. The van der Waals surface area contributed by atoms with Gasteiger partial charge in [0.05, 0.1) is 6.61 Å². The average Bonchev–Trinajstić information content (AvgIpc) is 3.03. The summed E-state index contributed by atoms with van der Waals surface area (Å²) in [5.74, 6) is 0.737. The van der Waals surface area contributed by atoms with Crippen LogP contribution in [0.1, 0.15) is 11.1 Å². The zero-order chi connectivity index (χ0) is 16.8. The van der Waals surface area contributed by atoms with Crippen molar-refractivity contribution in [3.05, 3.63) is 77.2 Å². The number of hydrogen-bond donors (Lipinski definition) is 4. The van der Waals surface area contributed by atoms with Crippen LogP contribution in [0.3, 0.4) is 0 Å². The van der Waals surface area contributed by atoms with E-state index in [-0.39, 0.29) is 5.84 Å². The van der Waals surface area contributed by atoms with Crippen LogP contribution in [0.5, 0.6) is 0 Å². The Kier molecular flexibility index (Phi) is 4.83. The van der Waals surface area contributed by atoms with E-state index in [0.29, 0.717) is 18.1 Å². The van der Waals surface area contributed by atoms with Crippen molar-refractivity contribution in [2.75, 3.05) is 5.32 Å². The smallest absolute Gasteiger partial charge is 0.196 e. The minimum atomic E-state index is 0.224. The second kappa shape index (κ2) is 7.38.